The number of pyridine rings is 1. The molecule has 2 amide bonds. The Labute approximate surface area is 213 Å². The van der Waals surface area contributed by atoms with Crippen molar-refractivity contribution in [3.63, 3.8) is 0 Å². The third kappa shape index (κ3) is 5.93. The van der Waals surface area contributed by atoms with Crippen LogP contribution >= 0.6 is 0 Å². The molecule has 0 radical (unpaired) electrons. The molecule has 224 valence electrons. The minimum atomic E-state index is -6.81. The Hall–Kier alpha value is -3.61. The molecule has 1 aliphatic rings. The lowest BCUT2D eigenvalue weighted by Crippen LogP contribution is -2.67. The summed E-state index contributed by atoms with van der Waals surface area (Å²) in [6.07, 6.45) is -9.21. The van der Waals surface area contributed by atoms with Crippen molar-refractivity contribution < 1.29 is 71.1 Å². The first kappa shape index (κ1) is 32.6. The molecule has 0 aromatic carbocycles. The molecule has 0 saturated heterocycles. The number of allylic oxidation sites excluding steroid dienone is 2. The van der Waals surface area contributed by atoms with Crippen LogP contribution in [-0.4, -0.2) is 71.5 Å². The molecule has 2 heterocycles. The Kier molecular flexibility index (Phi) is 8.49. The second-order valence-electron chi connectivity index (χ2n) is 8.04. The minimum Gasteiger partial charge on any atom is -0.366 e. The van der Waals surface area contributed by atoms with E-state index in [2.05, 4.69) is 4.98 Å². The Morgan fingerprint density at radius 2 is 1.12 bits per heavy atom. The highest BCUT2D eigenvalue weighted by atomic mass is 19.4. The van der Waals surface area contributed by atoms with Gasteiger partial charge in [0.05, 0.1) is 13.1 Å². The topological polar surface area (TPSA) is 83.1 Å². The van der Waals surface area contributed by atoms with Gasteiger partial charge in [0, 0.05) is 12.4 Å². The van der Waals surface area contributed by atoms with Gasteiger partial charge in [-0.1, -0.05) is 0 Å². The number of rotatable bonds is 9. The lowest BCUT2D eigenvalue weighted by molar-refractivity contribution is -0.352. The zero-order valence-corrected chi connectivity index (χ0v) is 19.0. The van der Waals surface area contributed by atoms with Crippen LogP contribution in [0, 0.1) is 0 Å². The number of dihydropyridines is 1. The molecule has 2 rings (SSSR count). The van der Waals surface area contributed by atoms with Gasteiger partial charge in [-0.2, -0.15) is 61.5 Å². The molecule has 20 heteroatoms. The quantitative estimate of drug-likeness (QED) is 0.290. The number of nitrogens with one attached hydrogen (secondary N) is 3. The normalized spacial score (nSPS) is 16.6. The van der Waals surface area contributed by atoms with Crippen molar-refractivity contribution in [2.75, 3.05) is 13.1 Å². The van der Waals surface area contributed by atoms with Gasteiger partial charge in [0.25, 0.3) is 11.8 Å². The molecule has 6 nitrogen and oxygen atoms in total. The van der Waals surface area contributed by atoms with Gasteiger partial charge in [-0.25, -0.2) is 0 Å². The number of carbonyl (C=O) groups is 2. The zero-order chi connectivity index (χ0) is 31.0. The van der Waals surface area contributed by atoms with Crippen molar-refractivity contribution >= 4 is 17.4 Å². The molecule has 40 heavy (non-hydrogen) atoms. The van der Waals surface area contributed by atoms with Crippen molar-refractivity contribution in [3.8, 4) is 0 Å². The fourth-order valence-electron chi connectivity index (χ4n) is 2.97. The maximum atomic E-state index is 13.7. The Balaban J connectivity index is 2.46. The highest BCUT2D eigenvalue weighted by Crippen LogP contribution is 2.47. The Morgan fingerprint density at radius 3 is 1.50 bits per heavy atom. The van der Waals surface area contributed by atoms with Gasteiger partial charge < -0.3 is 16.0 Å². The summed E-state index contributed by atoms with van der Waals surface area (Å²) in [5, 5.41) is 3.67. The van der Waals surface area contributed by atoms with E-state index in [0.29, 0.717) is 12.3 Å². The third-order valence-corrected chi connectivity index (χ3v) is 5.25. The molecule has 1 aromatic heterocycles. The molecular formula is C20H14F14N4O2. The Bertz CT molecular complexity index is 1110. The summed E-state index contributed by atoms with van der Waals surface area (Å²) in [4.78, 5) is 29.1. The molecule has 1 aliphatic heterocycles. The zero-order valence-electron chi connectivity index (χ0n) is 19.0. The molecule has 0 bridgehead atoms. The monoisotopic (exact) mass is 608 g/mol. The van der Waals surface area contributed by atoms with Gasteiger partial charge in [0.15, 0.2) is 0 Å². The third-order valence-electron chi connectivity index (χ3n) is 5.25. The predicted molar refractivity (Wildman–Crippen MR) is 105 cm³/mol. The molecule has 1 aromatic rings. The fraction of sp³-hybridized carbons (Fsp3) is 0.450. The molecule has 0 spiro atoms. The SMILES string of the molecule is O=C(NCC(F)(F)C(F)(F)C(F)(F)F)C1(C(=O)NCC(F)(F)C(F)(F)C(F)(F)F)C=C(c2ccncc2)C=CN1. The molecule has 0 saturated carbocycles. The van der Waals surface area contributed by atoms with Crippen molar-refractivity contribution in [2.24, 2.45) is 0 Å². The number of hydrogen-bond acceptors (Lipinski definition) is 4. The summed E-state index contributed by atoms with van der Waals surface area (Å²) in [6, 6.07) is 2.39. The number of carbonyl (C=O) groups excluding carboxylic acids is 2. The first-order valence-corrected chi connectivity index (χ1v) is 10.2. The van der Waals surface area contributed by atoms with Gasteiger partial charge in [0.1, 0.15) is 0 Å². The molecule has 3 N–H and O–H groups in total. The van der Waals surface area contributed by atoms with Crippen molar-refractivity contribution in [1.29, 1.82) is 0 Å². The standard InChI is InChI=1S/C20H14F14N4O2/c21-15(22,17(25,26)19(29,30)31)8-36-12(39)14(7-11(3-6-38-14)10-1-4-35-5-2-10)13(40)37-9-16(23,24)18(27,28)20(32,33)34/h1-7,38H,8-9H2,(H,36,39)(H,37,40). The predicted octanol–water partition coefficient (Wildman–Crippen LogP) is 4.22. The summed E-state index contributed by atoms with van der Waals surface area (Å²) in [7, 11) is 0. The first-order chi connectivity index (χ1) is 17.9. The smallest absolute Gasteiger partial charge is 0.366 e. The van der Waals surface area contributed by atoms with Crippen molar-refractivity contribution in [3.05, 3.63) is 48.4 Å². The van der Waals surface area contributed by atoms with Gasteiger partial charge in [-0.15, -0.1) is 0 Å². The van der Waals surface area contributed by atoms with E-state index in [4.69, 9.17) is 0 Å². The van der Waals surface area contributed by atoms with E-state index in [0.717, 1.165) is 29.1 Å². The maximum Gasteiger partial charge on any atom is 0.459 e. The van der Waals surface area contributed by atoms with Crippen LogP contribution in [-0.2, 0) is 9.59 Å². The van der Waals surface area contributed by atoms with E-state index in [1.54, 1.807) is 0 Å². The van der Waals surface area contributed by atoms with Gasteiger partial charge >= 0.3 is 36.0 Å². The minimum absolute atomic E-state index is 0.0561. The molecule has 0 fully saturated rings. The van der Waals surface area contributed by atoms with Crippen LogP contribution in [0.5, 0.6) is 0 Å². The molecule has 0 unspecified atom stereocenters. The average molecular weight is 608 g/mol. The largest absolute Gasteiger partial charge is 0.459 e. The van der Waals surface area contributed by atoms with Gasteiger partial charge in [0.2, 0.25) is 5.54 Å². The first-order valence-electron chi connectivity index (χ1n) is 10.2. The maximum absolute atomic E-state index is 13.7. The summed E-state index contributed by atoms with van der Waals surface area (Å²) >= 11 is 0. The lowest BCUT2D eigenvalue weighted by Gasteiger charge is -2.34. The summed E-state index contributed by atoms with van der Waals surface area (Å²) in [5.74, 6) is -29.9. The number of halogens is 14. The fourth-order valence-corrected chi connectivity index (χ4v) is 2.97. The average Bonchev–Trinajstić information content (AvgIpc) is 2.84. The van der Waals surface area contributed by atoms with E-state index in [9.17, 15) is 71.1 Å². The van der Waals surface area contributed by atoms with Crippen molar-refractivity contribution in [1.82, 2.24) is 20.9 Å². The highest BCUT2D eigenvalue weighted by molar-refractivity contribution is 6.14. The van der Waals surface area contributed by atoms with Crippen molar-refractivity contribution in [2.45, 2.75) is 41.6 Å². The number of nitrogens with zero attached hydrogens (tertiary/aromatic N) is 1. The van der Waals surface area contributed by atoms with E-state index in [-0.39, 0.29) is 11.1 Å². The second-order valence-corrected chi connectivity index (χ2v) is 8.04. The van der Waals surface area contributed by atoms with E-state index in [1.165, 1.54) is 12.1 Å². The van der Waals surface area contributed by atoms with Gasteiger partial charge in [-0.3, -0.25) is 14.6 Å². The van der Waals surface area contributed by atoms with E-state index < -0.39 is 66.5 Å². The van der Waals surface area contributed by atoms with Crippen LogP contribution in [0.15, 0.2) is 42.9 Å². The molecule has 0 atom stereocenters. The van der Waals surface area contributed by atoms with Gasteiger partial charge in [-0.05, 0) is 41.6 Å². The lowest BCUT2D eigenvalue weighted by atomic mass is 9.89. The molecule has 0 aliphatic carbocycles. The van der Waals surface area contributed by atoms with Crippen LogP contribution in [0.2, 0.25) is 0 Å². The van der Waals surface area contributed by atoms with E-state index >= 15 is 0 Å². The van der Waals surface area contributed by atoms with Crippen LogP contribution < -0.4 is 16.0 Å². The number of aromatic nitrogens is 1. The van der Waals surface area contributed by atoms with Crippen LogP contribution in [0.1, 0.15) is 5.56 Å². The number of alkyl halides is 14. The van der Waals surface area contributed by atoms with Crippen LogP contribution in [0.4, 0.5) is 61.5 Å². The van der Waals surface area contributed by atoms with Crippen LogP contribution in [0.3, 0.4) is 0 Å². The molecular weight excluding hydrogens is 594 g/mol. The number of amides is 2. The van der Waals surface area contributed by atoms with Crippen LogP contribution in [0.25, 0.3) is 5.57 Å². The summed E-state index contributed by atoms with van der Waals surface area (Å²) in [5.41, 5.74) is -3.51. The summed E-state index contributed by atoms with van der Waals surface area (Å²) in [6.45, 7) is -5.58. The number of hydrogen-bond donors (Lipinski definition) is 3. The van der Waals surface area contributed by atoms with E-state index in [1.807, 2.05) is 5.32 Å². The Morgan fingerprint density at radius 1 is 0.725 bits per heavy atom. The highest BCUT2D eigenvalue weighted by Gasteiger charge is 2.74. The second kappa shape index (κ2) is 10.4. The summed E-state index contributed by atoms with van der Waals surface area (Å²) < 4.78 is 182.